The molecule has 0 saturated carbocycles. The lowest BCUT2D eigenvalue weighted by Gasteiger charge is -2.31. The molecule has 156 valence electrons. The molecule has 0 radical (unpaired) electrons. The van der Waals surface area contributed by atoms with Crippen LogP contribution in [0, 0.1) is 0 Å². The van der Waals surface area contributed by atoms with Gasteiger partial charge in [0.2, 0.25) is 5.76 Å². The Morgan fingerprint density at radius 3 is 2.86 bits per heavy atom. The van der Waals surface area contributed by atoms with Crippen LogP contribution < -0.4 is 4.74 Å². The number of benzene rings is 1. The van der Waals surface area contributed by atoms with Gasteiger partial charge in [-0.1, -0.05) is 17.3 Å². The van der Waals surface area contributed by atoms with Crippen LogP contribution in [0.5, 0.6) is 5.75 Å². The van der Waals surface area contributed by atoms with Crippen LogP contribution in [0.3, 0.4) is 0 Å². The Balaban J connectivity index is 1.38. The van der Waals surface area contributed by atoms with Crippen LogP contribution in [0.2, 0.25) is 0 Å². The lowest BCUT2D eigenvalue weighted by molar-refractivity contribution is 0.0512. The minimum Gasteiger partial charge on any atom is -0.497 e. The zero-order chi connectivity index (χ0) is 20.2. The van der Waals surface area contributed by atoms with Crippen LogP contribution in [-0.2, 0) is 6.54 Å². The van der Waals surface area contributed by atoms with E-state index >= 15 is 0 Å². The molecule has 1 aromatic carbocycles. The van der Waals surface area contributed by atoms with Gasteiger partial charge in [-0.05, 0) is 49.9 Å². The highest BCUT2D eigenvalue weighted by Gasteiger charge is 2.28. The number of carbonyl (C=O) groups is 1. The van der Waals surface area contributed by atoms with E-state index in [4.69, 9.17) is 9.26 Å². The highest BCUT2D eigenvalue weighted by Crippen LogP contribution is 2.28. The monoisotopic (exact) mass is 399 g/mol. The number of rotatable bonds is 5. The van der Waals surface area contributed by atoms with Crippen LogP contribution in [0.15, 0.2) is 34.9 Å². The highest BCUT2D eigenvalue weighted by molar-refractivity contribution is 5.91. The van der Waals surface area contributed by atoms with Gasteiger partial charge in [0.1, 0.15) is 5.75 Å². The zero-order valence-corrected chi connectivity index (χ0v) is 16.9. The number of carbonyl (C=O) groups excluding carboxylic acids is 1. The van der Waals surface area contributed by atoms with Gasteiger partial charge in [-0.25, -0.2) is 0 Å². The third kappa shape index (κ3) is 4.79. The Bertz CT molecular complexity index is 829. The molecule has 2 aliphatic rings. The molecule has 7 nitrogen and oxygen atoms in total. The number of likely N-dealkylation sites (tertiary alicyclic amines) is 2. The molecule has 7 heteroatoms. The quantitative estimate of drug-likeness (QED) is 0.833. The molecular formula is C22H29N3O4. The van der Waals surface area contributed by atoms with E-state index in [0.29, 0.717) is 31.7 Å². The van der Waals surface area contributed by atoms with Crippen molar-refractivity contribution in [3.05, 3.63) is 47.3 Å². The number of aliphatic hydroxyl groups is 1. The minimum absolute atomic E-state index is 0.125. The van der Waals surface area contributed by atoms with Gasteiger partial charge in [-0.15, -0.1) is 0 Å². The minimum atomic E-state index is -0.304. The molecule has 0 spiro atoms. The van der Waals surface area contributed by atoms with Crippen molar-refractivity contribution >= 4 is 5.91 Å². The van der Waals surface area contributed by atoms with E-state index in [2.05, 4.69) is 22.2 Å². The first-order chi connectivity index (χ1) is 14.1. The van der Waals surface area contributed by atoms with Crippen molar-refractivity contribution in [1.82, 2.24) is 15.0 Å². The van der Waals surface area contributed by atoms with E-state index in [1.807, 2.05) is 18.2 Å². The van der Waals surface area contributed by atoms with Gasteiger partial charge < -0.3 is 19.3 Å². The molecule has 3 heterocycles. The predicted molar refractivity (Wildman–Crippen MR) is 108 cm³/mol. The van der Waals surface area contributed by atoms with Gasteiger partial charge in [0.05, 0.1) is 18.9 Å². The fourth-order valence-corrected chi connectivity index (χ4v) is 4.28. The molecule has 1 aromatic heterocycles. The Morgan fingerprint density at radius 2 is 2.07 bits per heavy atom. The number of aliphatic hydroxyl groups excluding tert-OH is 1. The summed E-state index contributed by atoms with van der Waals surface area (Å²) in [5.74, 6) is 1.32. The van der Waals surface area contributed by atoms with Crippen molar-refractivity contribution in [3.63, 3.8) is 0 Å². The summed E-state index contributed by atoms with van der Waals surface area (Å²) in [5, 5.41) is 13.8. The first kappa shape index (κ1) is 19.9. The second kappa shape index (κ2) is 8.97. The molecule has 1 N–H and O–H groups in total. The highest BCUT2D eigenvalue weighted by atomic mass is 16.5. The molecule has 2 saturated heterocycles. The van der Waals surface area contributed by atoms with Gasteiger partial charge in [-0.2, -0.15) is 0 Å². The lowest BCUT2D eigenvalue weighted by Crippen LogP contribution is -2.39. The molecular weight excluding hydrogens is 370 g/mol. The van der Waals surface area contributed by atoms with Crippen LogP contribution in [-0.4, -0.2) is 65.4 Å². The van der Waals surface area contributed by atoms with Crippen molar-refractivity contribution in [3.8, 4) is 5.75 Å². The van der Waals surface area contributed by atoms with E-state index in [-0.39, 0.29) is 17.9 Å². The summed E-state index contributed by atoms with van der Waals surface area (Å²) < 4.78 is 10.7. The molecule has 1 atom stereocenters. The number of hydrogen-bond donors (Lipinski definition) is 1. The van der Waals surface area contributed by atoms with E-state index in [9.17, 15) is 9.90 Å². The fraction of sp³-hybridized carbons (Fsp3) is 0.545. The van der Waals surface area contributed by atoms with E-state index in [1.54, 1.807) is 12.0 Å². The Hall–Kier alpha value is -2.38. The van der Waals surface area contributed by atoms with Crippen LogP contribution in [0.4, 0.5) is 0 Å². The van der Waals surface area contributed by atoms with Crippen molar-refractivity contribution < 1.29 is 19.2 Å². The zero-order valence-electron chi connectivity index (χ0n) is 16.9. The summed E-state index contributed by atoms with van der Waals surface area (Å²) in [5.41, 5.74) is 2.09. The SMILES string of the molecule is COc1cccc(CN2CCC[C@@H](c3cc(C(=O)N4CCC(O)CC4)on3)C2)c1. The summed E-state index contributed by atoms with van der Waals surface area (Å²) in [6, 6.07) is 9.98. The standard InChI is InChI=1S/C22H29N3O4/c1-28-19-6-2-4-16(12-19)14-24-9-3-5-17(15-24)20-13-21(29-23-20)22(27)25-10-7-18(26)8-11-25/h2,4,6,12-13,17-18,26H,3,5,7-11,14-15H2,1H3/t17-/m1/s1. The van der Waals surface area contributed by atoms with Crippen molar-refractivity contribution in [2.45, 2.75) is 44.2 Å². The molecule has 2 aromatic rings. The summed E-state index contributed by atoms with van der Waals surface area (Å²) in [4.78, 5) is 16.8. The van der Waals surface area contributed by atoms with Crippen molar-refractivity contribution in [1.29, 1.82) is 0 Å². The number of nitrogens with zero attached hydrogens (tertiary/aromatic N) is 3. The van der Waals surface area contributed by atoms with Gasteiger partial charge in [0.15, 0.2) is 0 Å². The molecule has 0 bridgehead atoms. The molecule has 0 aliphatic carbocycles. The van der Waals surface area contributed by atoms with Crippen molar-refractivity contribution in [2.24, 2.45) is 0 Å². The average Bonchev–Trinajstić information content (AvgIpc) is 3.24. The maximum absolute atomic E-state index is 12.7. The first-order valence-corrected chi connectivity index (χ1v) is 10.4. The largest absolute Gasteiger partial charge is 0.497 e. The van der Waals surface area contributed by atoms with Gasteiger partial charge in [0.25, 0.3) is 5.91 Å². The maximum atomic E-state index is 12.7. The fourth-order valence-electron chi connectivity index (χ4n) is 4.28. The third-order valence-corrected chi connectivity index (χ3v) is 5.95. The number of piperidine rings is 2. The molecule has 2 fully saturated rings. The van der Waals surface area contributed by atoms with Gasteiger partial charge >= 0.3 is 0 Å². The van der Waals surface area contributed by atoms with Crippen LogP contribution in [0.25, 0.3) is 0 Å². The topological polar surface area (TPSA) is 79.0 Å². The first-order valence-electron chi connectivity index (χ1n) is 10.4. The summed E-state index contributed by atoms with van der Waals surface area (Å²) >= 11 is 0. The van der Waals surface area contributed by atoms with Gasteiger partial charge in [0, 0.05) is 38.2 Å². The van der Waals surface area contributed by atoms with Crippen LogP contribution >= 0.6 is 0 Å². The summed E-state index contributed by atoms with van der Waals surface area (Å²) in [7, 11) is 1.69. The third-order valence-electron chi connectivity index (χ3n) is 5.95. The predicted octanol–water partition coefficient (Wildman–Crippen LogP) is 2.66. The van der Waals surface area contributed by atoms with E-state index in [1.165, 1.54) is 5.56 Å². The number of hydrogen-bond acceptors (Lipinski definition) is 6. The smallest absolute Gasteiger partial charge is 0.292 e. The Kier molecular flexibility index (Phi) is 6.16. The second-order valence-electron chi connectivity index (χ2n) is 8.07. The summed E-state index contributed by atoms with van der Waals surface area (Å²) in [6.07, 6.45) is 3.07. The number of amides is 1. The van der Waals surface area contributed by atoms with Gasteiger partial charge in [-0.3, -0.25) is 9.69 Å². The average molecular weight is 399 g/mol. The maximum Gasteiger partial charge on any atom is 0.292 e. The number of ether oxygens (including phenoxy) is 1. The molecule has 4 rings (SSSR count). The van der Waals surface area contributed by atoms with Crippen LogP contribution in [0.1, 0.15) is 53.4 Å². The Morgan fingerprint density at radius 1 is 1.24 bits per heavy atom. The number of aromatic nitrogens is 1. The van der Waals surface area contributed by atoms with E-state index in [0.717, 1.165) is 43.9 Å². The molecule has 1 amide bonds. The molecule has 0 unspecified atom stereocenters. The molecule has 2 aliphatic heterocycles. The summed E-state index contributed by atoms with van der Waals surface area (Å²) in [6.45, 7) is 3.94. The Labute approximate surface area is 171 Å². The number of methoxy groups -OCH3 is 1. The molecule has 29 heavy (non-hydrogen) atoms. The normalized spacial score (nSPS) is 21.3. The van der Waals surface area contributed by atoms with Crippen molar-refractivity contribution in [2.75, 3.05) is 33.3 Å². The van der Waals surface area contributed by atoms with E-state index < -0.39 is 0 Å². The lowest BCUT2D eigenvalue weighted by atomic mass is 9.94. The second-order valence-corrected chi connectivity index (χ2v) is 8.07.